The minimum atomic E-state index is -0.829. The van der Waals surface area contributed by atoms with Crippen LogP contribution in [0.25, 0.3) is 32.9 Å². The van der Waals surface area contributed by atoms with E-state index in [1.54, 1.807) is 13.2 Å². The monoisotopic (exact) mass is 635 g/mol. The summed E-state index contributed by atoms with van der Waals surface area (Å²) in [5.41, 5.74) is 3.87. The summed E-state index contributed by atoms with van der Waals surface area (Å²) in [6, 6.07) is 20.9. The van der Waals surface area contributed by atoms with Gasteiger partial charge in [-0.15, -0.1) is 0 Å². The molecule has 3 aromatic carbocycles. The second-order valence-electron chi connectivity index (χ2n) is 12.2. The zero-order valence-corrected chi connectivity index (χ0v) is 26.2. The maximum Gasteiger partial charge on any atom is 0.410 e. The Kier molecular flexibility index (Phi) is 7.48. The maximum absolute atomic E-state index is 15.3. The van der Waals surface area contributed by atoms with E-state index in [0.717, 1.165) is 46.7 Å². The fraction of sp³-hybridized carbons (Fsp3) is 0.333. The van der Waals surface area contributed by atoms with E-state index in [4.69, 9.17) is 23.9 Å². The average molecular weight is 636 g/mol. The van der Waals surface area contributed by atoms with Crippen LogP contribution < -0.4 is 14.4 Å². The van der Waals surface area contributed by atoms with Gasteiger partial charge in [0.25, 0.3) is 0 Å². The third-order valence-corrected chi connectivity index (χ3v) is 9.51. The van der Waals surface area contributed by atoms with Crippen LogP contribution >= 0.6 is 0 Å². The summed E-state index contributed by atoms with van der Waals surface area (Å²) in [5.74, 6) is 1.40. The number of aromatic nitrogens is 3. The third-order valence-electron chi connectivity index (χ3n) is 9.51. The second-order valence-corrected chi connectivity index (χ2v) is 12.2. The molecule has 11 heteroatoms. The first kappa shape index (κ1) is 29.4. The van der Waals surface area contributed by atoms with Gasteiger partial charge in [-0.2, -0.15) is 9.37 Å². The number of carbonyl (C=O) groups is 1. The van der Waals surface area contributed by atoms with Crippen LogP contribution in [0.5, 0.6) is 11.6 Å². The van der Waals surface area contributed by atoms with Crippen molar-refractivity contribution in [1.82, 2.24) is 19.9 Å². The van der Waals surface area contributed by atoms with Gasteiger partial charge in [-0.25, -0.2) is 14.8 Å². The van der Waals surface area contributed by atoms with E-state index >= 15 is 4.39 Å². The predicted molar refractivity (Wildman–Crippen MR) is 174 cm³/mol. The summed E-state index contributed by atoms with van der Waals surface area (Å²) in [7, 11) is 1.57. The fourth-order valence-electron chi connectivity index (χ4n) is 7.44. The highest BCUT2D eigenvalue weighted by Crippen LogP contribution is 2.44. The van der Waals surface area contributed by atoms with Crippen LogP contribution in [-0.4, -0.2) is 71.1 Å². The highest BCUT2D eigenvalue weighted by Gasteiger charge is 2.51. The number of aryl methyl sites for hydroxylation is 1. The molecule has 2 fully saturated rings. The molecule has 0 N–H and O–H groups in total. The Morgan fingerprint density at radius 2 is 1.87 bits per heavy atom. The fourth-order valence-corrected chi connectivity index (χ4v) is 7.44. The normalized spacial score (nSPS) is 19.8. The topological polar surface area (TPSA) is 99.1 Å². The lowest BCUT2D eigenvalue weighted by atomic mass is 9.95. The van der Waals surface area contributed by atoms with Gasteiger partial charge in [0, 0.05) is 19.2 Å². The number of pyridine rings is 1. The number of ether oxygens (including phenoxy) is 4. The van der Waals surface area contributed by atoms with Gasteiger partial charge in [0.15, 0.2) is 6.79 Å². The Balaban J connectivity index is 1.18. The summed E-state index contributed by atoms with van der Waals surface area (Å²) < 4.78 is 38.6. The van der Waals surface area contributed by atoms with E-state index in [-0.39, 0.29) is 44.2 Å². The number of hydrogen-bond acceptors (Lipinski definition) is 9. The molecule has 10 nitrogen and oxygen atoms in total. The van der Waals surface area contributed by atoms with Crippen LogP contribution in [0.2, 0.25) is 0 Å². The predicted octanol–water partition coefficient (Wildman–Crippen LogP) is 6.28. The number of halogens is 1. The number of methoxy groups -OCH3 is 1. The van der Waals surface area contributed by atoms with Crippen molar-refractivity contribution in [1.29, 1.82) is 0 Å². The summed E-state index contributed by atoms with van der Waals surface area (Å²) in [6.45, 7) is 3.11. The number of nitrogens with zero attached hydrogens (tertiary/aromatic N) is 5. The van der Waals surface area contributed by atoms with Gasteiger partial charge in [-0.05, 0) is 59.4 Å². The van der Waals surface area contributed by atoms with Crippen molar-refractivity contribution in [3.8, 4) is 22.9 Å². The van der Waals surface area contributed by atoms with Crippen LogP contribution in [0.4, 0.5) is 15.0 Å². The first-order valence-corrected chi connectivity index (χ1v) is 16.0. The minimum absolute atomic E-state index is 0.0932. The SMILES string of the molecule is CCc1cccc2cc(OCOC)cc(-c3cc4nc(F)nc5c4c(n3)OC[C@@H]3[C@@H]4CC[C@H](CN53)N4C(=O)OCc3ccccc3)c12. The highest BCUT2D eigenvalue weighted by atomic mass is 19.1. The van der Waals surface area contributed by atoms with Gasteiger partial charge in [-0.3, -0.25) is 4.90 Å². The van der Waals surface area contributed by atoms with Crippen molar-refractivity contribution in [2.24, 2.45) is 0 Å². The van der Waals surface area contributed by atoms with E-state index in [1.807, 2.05) is 59.5 Å². The summed E-state index contributed by atoms with van der Waals surface area (Å²) in [6.07, 6.45) is 1.22. The lowest BCUT2D eigenvalue weighted by Crippen LogP contribution is -2.63. The molecule has 2 saturated heterocycles. The molecule has 5 aromatic rings. The lowest BCUT2D eigenvalue weighted by molar-refractivity contribution is 0.0512. The quantitative estimate of drug-likeness (QED) is 0.151. The zero-order valence-electron chi connectivity index (χ0n) is 26.2. The van der Waals surface area contributed by atoms with Crippen molar-refractivity contribution >= 4 is 33.6 Å². The lowest BCUT2D eigenvalue weighted by Gasteiger charge is -2.45. The van der Waals surface area contributed by atoms with Crippen molar-refractivity contribution in [2.45, 2.75) is 50.9 Å². The number of benzene rings is 3. The van der Waals surface area contributed by atoms with Crippen LogP contribution in [0.3, 0.4) is 0 Å². The number of rotatable bonds is 7. The largest absolute Gasteiger partial charge is 0.475 e. The summed E-state index contributed by atoms with van der Waals surface area (Å²) in [5, 5.41) is 2.58. The van der Waals surface area contributed by atoms with Gasteiger partial charge >= 0.3 is 12.2 Å². The molecule has 2 bridgehead atoms. The number of hydrogen-bond donors (Lipinski definition) is 0. The maximum atomic E-state index is 15.3. The molecule has 240 valence electrons. The molecule has 2 aromatic heterocycles. The molecule has 3 aliphatic heterocycles. The summed E-state index contributed by atoms with van der Waals surface area (Å²) in [4.78, 5) is 30.9. The molecule has 0 unspecified atom stereocenters. The average Bonchev–Trinajstić information content (AvgIpc) is 3.33. The van der Waals surface area contributed by atoms with Crippen molar-refractivity contribution in [3.63, 3.8) is 0 Å². The van der Waals surface area contributed by atoms with Gasteiger partial charge in [-0.1, -0.05) is 55.5 Å². The molecule has 1 amide bonds. The Bertz CT molecular complexity index is 1990. The van der Waals surface area contributed by atoms with Crippen LogP contribution in [-0.2, 0) is 22.5 Å². The minimum Gasteiger partial charge on any atom is -0.475 e. The van der Waals surface area contributed by atoms with Crippen LogP contribution in [0.15, 0.2) is 66.7 Å². The van der Waals surface area contributed by atoms with Crippen LogP contribution in [0, 0.1) is 6.08 Å². The molecule has 3 aliphatic rings. The molecule has 5 heterocycles. The molecule has 3 atom stereocenters. The molecule has 8 rings (SSSR count). The molecule has 0 saturated carbocycles. The highest BCUT2D eigenvalue weighted by molar-refractivity contribution is 6.02. The van der Waals surface area contributed by atoms with Gasteiger partial charge in [0.05, 0.1) is 29.3 Å². The Labute approximate surface area is 271 Å². The number of piperazine rings is 1. The van der Waals surface area contributed by atoms with Crippen molar-refractivity contribution in [2.75, 3.05) is 32.0 Å². The number of amides is 1. The first-order valence-electron chi connectivity index (χ1n) is 16.0. The smallest absolute Gasteiger partial charge is 0.410 e. The molecular formula is C36H34FN5O5. The van der Waals surface area contributed by atoms with E-state index in [0.29, 0.717) is 40.6 Å². The molecule has 0 radical (unpaired) electrons. The number of carbonyl (C=O) groups excluding carboxylic acids is 1. The van der Waals surface area contributed by atoms with Crippen molar-refractivity contribution in [3.05, 3.63) is 83.9 Å². The zero-order chi connectivity index (χ0) is 32.1. The van der Waals surface area contributed by atoms with Crippen LogP contribution in [0.1, 0.15) is 30.9 Å². The summed E-state index contributed by atoms with van der Waals surface area (Å²) >= 11 is 0. The third kappa shape index (κ3) is 5.14. The van der Waals surface area contributed by atoms with Gasteiger partial charge in [0.1, 0.15) is 30.2 Å². The molecule has 0 spiro atoms. The van der Waals surface area contributed by atoms with E-state index in [2.05, 4.69) is 27.9 Å². The molecule has 47 heavy (non-hydrogen) atoms. The number of anilines is 1. The Morgan fingerprint density at radius 1 is 1.00 bits per heavy atom. The van der Waals surface area contributed by atoms with Crippen molar-refractivity contribution < 1.29 is 28.1 Å². The molecular weight excluding hydrogens is 601 g/mol. The Morgan fingerprint density at radius 3 is 2.70 bits per heavy atom. The Hall–Kier alpha value is -5.03. The number of fused-ring (bicyclic) bond motifs is 6. The van der Waals surface area contributed by atoms with E-state index in [1.165, 1.54) is 0 Å². The first-order chi connectivity index (χ1) is 23.0. The van der Waals surface area contributed by atoms with E-state index < -0.39 is 6.08 Å². The second kappa shape index (κ2) is 12.0. The van der Waals surface area contributed by atoms with Gasteiger partial charge < -0.3 is 23.8 Å². The molecule has 0 aliphatic carbocycles. The standard InChI is InChI=1S/C36H34FN5O5/c1-3-22-10-7-11-23-14-25(47-20-44-2)15-26(31(22)23)27-16-28-32-33(40-35(37)39-28)41-17-24-12-13-29(30(41)19-45-34(32)38-27)42(24)36(43)46-18-21-8-5-4-6-9-21/h4-11,14-16,24,29-30H,3,12-13,17-20H2,1-2H3/t24-,29+,30-/m1/s1. The van der Waals surface area contributed by atoms with E-state index in [9.17, 15) is 4.79 Å². The van der Waals surface area contributed by atoms with Gasteiger partial charge in [0.2, 0.25) is 5.88 Å².